The van der Waals surface area contributed by atoms with Crippen molar-refractivity contribution in [1.29, 1.82) is 0 Å². The zero-order valence-corrected chi connectivity index (χ0v) is 17.2. The van der Waals surface area contributed by atoms with E-state index in [4.69, 9.17) is 4.74 Å². The van der Waals surface area contributed by atoms with Crippen LogP contribution in [0.3, 0.4) is 0 Å². The van der Waals surface area contributed by atoms with Gasteiger partial charge in [-0.05, 0) is 46.0 Å². The monoisotopic (exact) mass is 451 g/mol. The first-order valence-corrected chi connectivity index (χ1v) is 10.1. The van der Waals surface area contributed by atoms with E-state index in [1.54, 1.807) is 18.2 Å². The van der Waals surface area contributed by atoms with E-state index >= 15 is 0 Å². The minimum Gasteiger partial charge on any atom is -0.449 e. The number of nitrogens with one attached hydrogen (secondary N) is 1. The molecule has 0 fully saturated rings. The molecule has 1 N–H and O–H groups in total. The SMILES string of the molecule is O=C(NCC=Cc1cc(F)ccc1Br)OCC1c2ccccc2-c2ccccc21. The van der Waals surface area contributed by atoms with Crippen molar-refractivity contribution in [2.45, 2.75) is 5.92 Å². The summed E-state index contributed by atoms with van der Waals surface area (Å²) in [5.74, 6) is -0.274. The maximum Gasteiger partial charge on any atom is 0.407 e. The Morgan fingerprint density at radius 2 is 1.69 bits per heavy atom. The Labute approximate surface area is 177 Å². The fourth-order valence-corrected chi connectivity index (χ4v) is 4.00. The van der Waals surface area contributed by atoms with Crippen molar-refractivity contribution in [3.63, 3.8) is 0 Å². The van der Waals surface area contributed by atoms with Crippen molar-refractivity contribution >= 4 is 28.1 Å². The zero-order valence-electron chi connectivity index (χ0n) is 15.6. The lowest BCUT2D eigenvalue weighted by Crippen LogP contribution is -2.26. The average Bonchev–Trinajstić information content (AvgIpc) is 3.06. The lowest BCUT2D eigenvalue weighted by molar-refractivity contribution is 0.144. The fourth-order valence-electron chi connectivity index (χ4n) is 3.62. The third-order valence-electron chi connectivity index (χ3n) is 4.96. The van der Waals surface area contributed by atoms with Gasteiger partial charge in [0, 0.05) is 16.9 Å². The highest BCUT2D eigenvalue weighted by Crippen LogP contribution is 2.44. The van der Waals surface area contributed by atoms with Crippen molar-refractivity contribution in [2.24, 2.45) is 0 Å². The van der Waals surface area contributed by atoms with Gasteiger partial charge in [-0.3, -0.25) is 0 Å². The molecule has 3 aromatic carbocycles. The molecule has 1 aliphatic carbocycles. The van der Waals surface area contributed by atoms with E-state index in [9.17, 15) is 9.18 Å². The Morgan fingerprint density at radius 1 is 1.03 bits per heavy atom. The molecule has 0 aromatic heterocycles. The molecular formula is C24H19BrFNO2. The first-order valence-electron chi connectivity index (χ1n) is 9.34. The van der Waals surface area contributed by atoms with Gasteiger partial charge < -0.3 is 10.1 Å². The van der Waals surface area contributed by atoms with E-state index in [1.807, 2.05) is 24.3 Å². The van der Waals surface area contributed by atoms with Gasteiger partial charge >= 0.3 is 6.09 Å². The molecule has 1 aliphatic rings. The van der Waals surface area contributed by atoms with Crippen LogP contribution in [0.15, 0.2) is 77.3 Å². The molecule has 146 valence electrons. The summed E-state index contributed by atoms with van der Waals surface area (Å²) in [7, 11) is 0. The molecule has 3 nitrogen and oxygen atoms in total. The van der Waals surface area contributed by atoms with Gasteiger partial charge in [0.15, 0.2) is 0 Å². The van der Waals surface area contributed by atoms with Gasteiger partial charge in [0.05, 0.1) is 0 Å². The molecule has 0 aliphatic heterocycles. The first kappa shape index (κ1) is 19.4. The highest BCUT2D eigenvalue weighted by atomic mass is 79.9. The molecule has 4 rings (SSSR count). The van der Waals surface area contributed by atoms with Crippen LogP contribution in [0.2, 0.25) is 0 Å². The number of ether oxygens (including phenoxy) is 1. The van der Waals surface area contributed by atoms with Gasteiger partial charge in [-0.1, -0.05) is 76.6 Å². The maximum atomic E-state index is 13.3. The molecule has 5 heteroatoms. The quantitative estimate of drug-likeness (QED) is 0.505. The van der Waals surface area contributed by atoms with Crippen LogP contribution in [0.25, 0.3) is 17.2 Å². The lowest BCUT2D eigenvalue weighted by Gasteiger charge is -2.14. The highest BCUT2D eigenvalue weighted by Gasteiger charge is 2.28. The number of hydrogen-bond donors (Lipinski definition) is 1. The summed E-state index contributed by atoms with van der Waals surface area (Å²) in [6.07, 6.45) is 3.02. The van der Waals surface area contributed by atoms with Crippen LogP contribution < -0.4 is 5.32 Å². The number of halogens is 2. The molecule has 0 saturated heterocycles. The number of carbonyl (C=O) groups excluding carboxylic acids is 1. The van der Waals surface area contributed by atoms with Crippen molar-refractivity contribution in [3.05, 3.63) is 99.8 Å². The predicted octanol–water partition coefficient (Wildman–Crippen LogP) is 6.14. The van der Waals surface area contributed by atoms with Crippen molar-refractivity contribution < 1.29 is 13.9 Å². The van der Waals surface area contributed by atoms with Crippen LogP contribution in [0, 0.1) is 5.82 Å². The van der Waals surface area contributed by atoms with Gasteiger partial charge in [-0.15, -0.1) is 0 Å². The van der Waals surface area contributed by atoms with Crippen molar-refractivity contribution in [2.75, 3.05) is 13.2 Å². The first-order chi connectivity index (χ1) is 14.1. The third kappa shape index (κ3) is 4.25. The Balaban J connectivity index is 1.34. The van der Waals surface area contributed by atoms with Crippen LogP contribution in [-0.2, 0) is 4.74 Å². The normalized spacial score (nSPS) is 12.6. The summed E-state index contributed by atoms with van der Waals surface area (Å²) in [6, 6.07) is 20.9. The third-order valence-corrected chi connectivity index (χ3v) is 5.69. The number of rotatable bonds is 5. The number of hydrogen-bond acceptors (Lipinski definition) is 2. The van der Waals surface area contributed by atoms with Gasteiger partial charge in [0.2, 0.25) is 0 Å². The second-order valence-corrected chi connectivity index (χ2v) is 7.63. The van der Waals surface area contributed by atoms with Gasteiger partial charge in [0.1, 0.15) is 12.4 Å². The van der Waals surface area contributed by atoms with E-state index in [-0.39, 0.29) is 18.3 Å². The summed E-state index contributed by atoms with van der Waals surface area (Å²) in [5.41, 5.74) is 5.45. The number of fused-ring (bicyclic) bond motifs is 3. The minimum atomic E-state index is -0.477. The summed E-state index contributed by atoms with van der Waals surface area (Å²) in [6.45, 7) is 0.568. The smallest absolute Gasteiger partial charge is 0.407 e. The maximum absolute atomic E-state index is 13.3. The molecule has 0 bridgehead atoms. The molecule has 1 amide bonds. The molecule has 0 radical (unpaired) electrons. The number of amides is 1. The average molecular weight is 452 g/mol. The number of alkyl carbamates (subject to hydrolysis) is 1. The molecule has 0 saturated carbocycles. The fraction of sp³-hybridized carbons (Fsp3) is 0.125. The summed E-state index contributed by atoms with van der Waals surface area (Å²) >= 11 is 3.37. The van der Waals surface area contributed by atoms with E-state index in [0.29, 0.717) is 12.1 Å². The summed E-state index contributed by atoms with van der Waals surface area (Å²) in [4.78, 5) is 12.1. The lowest BCUT2D eigenvalue weighted by atomic mass is 9.98. The molecule has 0 atom stereocenters. The Hall–Kier alpha value is -2.92. The van der Waals surface area contributed by atoms with Crippen LogP contribution in [0.1, 0.15) is 22.6 Å². The molecule has 0 unspecified atom stereocenters. The highest BCUT2D eigenvalue weighted by molar-refractivity contribution is 9.10. The van der Waals surface area contributed by atoms with Gasteiger partial charge in [-0.25, -0.2) is 9.18 Å². The van der Waals surface area contributed by atoms with Crippen LogP contribution >= 0.6 is 15.9 Å². The Bertz CT molecular complexity index is 1030. The molecule has 0 heterocycles. The van der Waals surface area contributed by atoms with E-state index in [2.05, 4.69) is 45.5 Å². The molecular weight excluding hydrogens is 433 g/mol. The van der Waals surface area contributed by atoms with E-state index < -0.39 is 6.09 Å². The van der Waals surface area contributed by atoms with Gasteiger partial charge in [-0.2, -0.15) is 0 Å². The van der Waals surface area contributed by atoms with Crippen molar-refractivity contribution in [3.8, 4) is 11.1 Å². The van der Waals surface area contributed by atoms with Crippen LogP contribution in [-0.4, -0.2) is 19.2 Å². The standard InChI is InChI=1S/C24H19BrFNO2/c25-23-12-11-17(26)14-16(23)6-5-13-27-24(28)29-15-22-20-9-3-1-7-18(20)19-8-2-4-10-21(19)22/h1-12,14,22H,13,15H2,(H,27,28). The Morgan fingerprint density at radius 3 is 2.38 bits per heavy atom. The van der Waals surface area contributed by atoms with E-state index in [1.165, 1.54) is 34.4 Å². The second-order valence-electron chi connectivity index (χ2n) is 6.77. The summed E-state index contributed by atoms with van der Waals surface area (Å²) in [5, 5.41) is 2.70. The van der Waals surface area contributed by atoms with Gasteiger partial charge in [0.25, 0.3) is 0 Å². The zero-order chi connectivity index (χ0) is 20.2. The predicted molar refractivity (Wildman–Crippen MR) is 116 cm³/mol. The largest absolute Gasteiger partial charge is 0.449 e. The number of carbonyl (C=O) groups is 1. The van der Waals surface area contributed by atoms with E-state index in [0.717, 1.165) is 4.47 Å². The van der Waals surface area contributed by atoms with Crippen LogP contribution in [0.5, 0.6) is 0 Å². The number of benzene rings is 3. The second kappa shape index (κ2) is 8.62. The minimum absolute atomic E-state index is 0.0342. The van der Waals surface area contributed by atoms with Crippen molar-refractivity contribution in [1.82, 2.24) is 5.32 Å². The Kier molecular flexibility index (Phi) is 5.76. The summed E-state index contributed by atoms with van der Waals surface area (Å²) < 4.78 is 19.6. The molecule has 3 aromatic rings. The molecule has 29 heavy (non-hydrogen) atoms. The molecule has 0 spiro atoms. The topological polar surface area (TPSA) is 38.3 Å². The van der Waals surface area contributed by atoms with Crippen LogP contribution in [0.4, 0.5) is 9.18 Å².